The summed E-state index contributed by atoms with van der Waals surface area (Å²) in [6.07, 6.45) is 5.22. The van der Waals surface area contributed by atoms with E-state index in [2.05, 4.69) is 44.8 Å². The summed E-state index contributed by atoms with van der Waals surface area (Å²) in [5.74, 6) is 2.90. The van der Waals surface area contributed by atoms with Crippen LogP contribution in [0.2, 0.25) is 0 Å². The molecule has 33 heavy (non-hydrogen) atoms. The van der Waals surface area contributed by atoms with Crippen LogP contribution in [0.15, 0.2) is 52.2 Å². The monoisotopic (exact) mass is 485 g/mol. The molecular weight excluding hydrogens is 450 g/mol. The second kappa shape index (κ2) is 12.2. The lowest BCUT2D eigenvalue weighted by Gasteiger charge is -2.38. The fraction of sp³-hybridized carbons (Fsp3) is 0.500. The Morgan fingerprint density at radius 3 is 2.97 bits per heavy atom. The normalized spacial score (nSPS) is 20.2. The van der Waals surface area contributed by atoms with Crippen LogP contribution in [-0.4, -0.2) is 61.1 Å². The van der Waals surface area contributed by atoms with E-state index in [0.29, 0.717) is 11.8 Å². The molecule has 7 heteroatoms. The lowest BCUT2D eigenvalue weighted by atomic mass is 9.81. The number of likely N-dealkylation sites (tertiary alicyclic amines) is 1. The van der Waals surface area contributed by atoms with Crippen molar-refractivity contribution in [1.29, 1.82) is 0 Å². The van der Waals surface area contributed by atoms with Crippen molar-refractivity contribution in [3.05, 3.63) is 53.5 Å². The van der Waals surface area contributed by atoms with Crippen molar-refractivity contribution in [3.8, 4) is 5.75 Å². The summed E-state index contributed by atoms with van der Waals surface area (Å²) in [4.78, 5) is 7.07. The fourth-order valence-corrected chi connectivity index (χ4v) is 6.84. The summed E-state index contributed by atoms with van der Waals surface area (Å²) in [7, 11) is 3.74. The van der Waals surface area contributed by atoms with Gasteiger partial charge in [0.2, 0.25) is 0 Å². The van der Waals surface area contributed by atoms with Crippen LogP contribution in [0.3, 0.4) is 0 Å². The number of rotatable bonds is 11. The van der Waals surface area contributed by atoms with Crippen LogP contribution in [0.4, 0.5) is 0 Å². The van der Waals surface area contributed by atoms with Crippen molar-refractivity contribution in [2.24, 2.45) is 11.8 Å². The molecule has 3 heterocycles. The first kappa shape index (κ1) is 24.5. The van der Waals surface area contributed by atoms with Crippen LogP contribution in [0.25, 0.3) is 10.9 Å². The highest BCUT2D eigenvalue weighted by molar-refractivity contribution is 8.01. The molecule has 0 aliphatic carbocycles. The van der Waals surface area contributed by atoms with Gasteiger partial charge in [0.15, 0.2) is 0 Å². The van der Waals surface area contributed by atoms with E-state index in [1.807, 2.05) is 48.5 Å². The Balaban J connectivity index is 1.34. The van der Waals surface area contributed by atoms with Crippen LogP contribution in [-0.2, 0) is 0 Å². The average molecular weight is 486 g/mol. The molecule has 3 aromatic rings. The molecule has 0 spiro atoms. The standard InChI is InChI=1S/C26H35N3O2S2/c1-27-24(22-9-11-28-25-8-6-21(31-2)16-23(22)25)7-5-19-10-12-29(17-20(19)18-30)13-15-33-26-4-3-14-32-26/h3-4,6,8-9,11,14,16,19-20,24,27,30H,5,7,10,12-13,15,17-18H2,1-2H3/t19-,20-,24?/m1/s1. The molecule has 178 valence electrons. The molecule has 0 saturated carbocycles. The molecule has 1 aromatic carbocycles. The molecule has 0 amide bonds. The molecular formula is C26H35N3O2S2. The van der Waals surface area contributed by atoms with Gasteiger partial charge in [-0.25, -0.2) is 0 Å². The van der Waals surface area contributed by atoms with E-state index < -0.39 is 0 Å². The number of fused-ring (bicyclic) bond motifs is 1. The highest BCUT2D eigenvalue weighted by Crippen LogP contribution is 2.33. The van der Waals surface area contributed by atoms with E-state index in [-0.39, 0.29) is 12.6 Å². The Hall–Kier alpha value is -1.64. The summed E-state index contributed by atoms with van der Waals surface area (Å²) >= 11 is 3.76. The number of hydrogen-bond donors (Lipinski definition) is 2. The number of thiophene rings is 1. The molecule has 5 nitrogen and oxygen atoms in total. The number of hydrogen-bond acceptors (Lipinski definition) is 7. The molecule has 1 aliphatic rings. The van der Waals surface area contributed by atoms with E-state index in [1.54, 1.807) is 7.11 Å². The van der Waals surface area contributed by atoms with Gasteiger partial charge in [0.05, 0.1) is 16.8 Å². The number of piperidine rings is 1. The zero-order chi connectivity index (χ0) is 23.0. The van der Waals surface area contributed by atoms with Gasteiger partial charge in [0.25, 0.3) is 0 Å². The lowest BCUT2D eigenvalue weighted by molar-refractivity contribution is 0.0696. The number of aliphatic hydroxyl groups is 1. The van der Waals surface area contributed by atoms with Gasteiger partial charge in [-0.15, -0.1) is 23.1 Å². The van der Waals surface area contributed by atoms with Crippen molar-refractivity contribution in [2.75, 3.05) is 46.2 Å². The van der Waals surface area contributed by atoms with Gasteiger partial charge in [0.1, 0.15) is 5.75 Å². The van der Waals surface area contributed by atoms with Crippen molar-refractivity contribution in [2.45, 2.75) is 29.5 Å². The summed E-state index contributed by atoms with van der Waals surface area (Å²) in [6, 6.07) is 12.8. The number of nitrogens with one attached hydrogen (secondary N) is 1. The first-order chi connectivity index (χ1) is 16.2. The van der Waals surface area contributed by atoms with Crippen molar-refractivity contribution in [3.63, 3.8) is 0 Å². The van der Waals surface area contributed by atoms with Crippen LogP contribution >= 0.6 is 23.1 Å². The van der Waals surface area contributed by atoms with Gasteiger partial charge in [-0.3, -0.25) is 4.98 Å². The van der Waals surface area contributed by atoms with Gasteiger partial charge in [-0.05, 0) is 86.0 Å². The van der Waals surface area contributed by atoms with Crippen LogP contribution in [0.5, 0.6) is 5.75 Å². The van der Waals surface area contributed by atoms with Crippen molar-refractivity contribution in [1.82, 2.24) is 15.2 Å². The molecule has 2 N–H and O–H groups in total. The van der Waals surface area contributed by atoms with E-state index in [4.69, 9.17) is 4.74 Å². The zero-order valence-electron chi connectivity index (χ0n) is 19.6. The minimum absolute atomic E-state index is 0.252. The average Bonchev–Trinajstić information content (AvgIpc) is 3.38. The van der Waals surface area contributed by atoms with Gasteiger partial charge in [-0.2, -0.15) is 0 Å². The number of thioether (sulfide) groups is 1. The van der Waals surface area contributed by atoms with Crippen molar-refractivity contribution >= 4 is 34.0 Å². The van der Waals surface area contributed by atoms with E-state index >= 15 is 0 Å². The molecule has 2 aromatic heterocycles. The summed E-state index contributed by atoms with van der Waals surface area (Å²) in [5.41, 5.74) is 2.26. The molecule has 4 rings (SSSR count). The molecule has 1 fully saturated rings. The van der Waals surface area contributed by atoms with Crippen molar-refractivity contribution < 1.29 is 9.84 Å². The minimum atomic E-state index is 0.252. The number of nitrogens with zero attached hydrogens (tertiary/aromatic N) is 2. The maximum Gasteiger partial charge on any atom is 0.119 e. The molecule has 1 unspecified atom stereocenters. The Bertz CT molecular complexity index is 998. The second-order valence-corrected chi connectivity index (χ2v) is 11.1. The fourth-order valence-electron chi connectivity index (χ4n) is 4.98. The second-order valence-electron chi connectivity index (χ2n) is 8.77. The third-order valence-electron chi connectivity index (χ3n) is 6.89. The number of benzene rings is 1. The van der Waals surface area contributed by atoms with Crippen LogP contribution in [0.1, 0.15) is 30.9 Å². The van der Waals surface area contributed by atoms with E-state index in [0.717, 1.165) is 61.3 Å². The Labute approximate surface area is 205 Å². The molecule has 0 bridgehead atoms. The number of pyridine rings is 1. The number of aliphatic hydroxyl groups excluding tert-OH is 1. The predicted molar refractivity (Wildman–Crippen MR) is 139 cm³/mol. The first-order valence-corrected chi connectivity index (χ1v) is 13.7. The number of methoxy groups -OCH3 is 1. The van der Waals surface area contributed by atoms with Crippen LogP contribution < -0.4 is 10.1 Å². The zero-order valence-corrected chi connectivity index (χ0v) is 21.2. The van der Waals surface area contributed by atoms with Gasteiger partial charge in [-0.1, -0.05) is 6.07 Å². The Kier molecular flexibility index (Phi) is 9.03. The van der Waals surface area contributed by atoms with Gasteiger partial charge >= 0.3 is 0 Å². The molecule has 0 radical (unpaired) electrons. The summed E-state index contributed by atoms with van der Waals surface area (Å²) in [5, 5.41) is 16.9. The predicted octanol–water partition coefficient (Wildman–Crippen LogP) is 5.07. The SMILES string of the molecule is CNC(CC[C@@H]1CCN(CCSc2cccs2)C[C@@H]1CO)c1ccnc2ccc(OC)cc12. The number of aromatic nitrogens is 1. The topological polar surface area (TPSA) is 57.6 Å². The first-order valence-electron chi connectivity index (χ1n) is 11.8. The van der Waals surface area contributed by atoms with E-state index in [1.165, 1.54) is 9.77 Å². The summed E-state index contributed by atoms with van der Waals surface area (Å²) in [6.45, 7) is 3.51. The summed E-state index contributed by atoms with van der Waals surface area (Å²) < 4.78 is 6.84. The lowest BCUT2D eigenvalue weighted by Crippen LogP contribution is -2.43. The smallest absolute Gasteiger partial charge is 0.119 e. The largest absolute Gasteiger partial charge is 0.497 e. The Morgan fingerprint density at radius 2 is 2.21 bits per heavy atom. The maximum atomic E-state index is 10.1. The highest BCUT2D eigenvalue weighted by Gasteiger charge is 2.29. The maximum absolute atomic E-state index is 10.1. The van der Waals surface area contributed by atoms with Crippen LogP contribution in [0, 0.1) is 11.8 Å². The van der Waals surface area contributed by atoms with Gasteiger partial charge in [0, 0.05) is 43.1 Å². The highest BCUT2D eigenvalue weighted by atomic mass is 32.2. The molecule has 1 saturated heterocycles. The Morgan fingerprint density at radius 1 is 1.30 bits per heavy atom. The quantitative estimate of drug-likeness (QED) is 0.370. The van der Waals surface area contributed by atoms with E-state index in [9.17, 15) is 5.11 Å². The minimum Gasteiger partial charge on any atom is -0.497 e. The third-order valence-corrected chi connectivity index (χ3v) is 9.00. The third kappa shape index (κ3) is 6.28. The van der Waals surface area contributed by atoms with Gasteiger partial charge < -0.3 is 20.1 Å². The molecule has 3 atom stereocenters. The number of ether oxygens (including phenoxy) is 1. The molecule has 1 aliphatic heterocycles.